The first kappa shape index (κ1) is 30.2. The Morgan fingerprint density at radius 3 is 2.80 bits per heavy atom. The number of hydrogen-bond acceptors (Lipinski definition) is 5. The summed E-state index contributed by atoms with van der Waals surface area (Å²) in [6, 6.07) is 10.3. The standard InChI is InChI=1S/C31H42F2N4O3S/c1-2-25-17-21(14-15-40-25)29(20-8-10-22(32)11-9-20)30(34)31(38)36-28-7-3-6-27(33)26(28)13-12-24-18-35-23-5-4-16-41(39)37(24)19-23/h3,6-11,21,23-25,29-30,35H,2,4-5,12-19,34H2,1H3,(H,36,38)/t21-,23+,24-,25-,29-,30-,41?/m0/s1. The Kier molecular flexibility index (Phi) is 10.2. The number of rotatable bonds is 9. The van der Waals surface area contributed by atoms with Crippen LogP contribution in [0.1, 0.15) is 62.5 Å². The molecule has 10 heteroatoms. The van der Waals surface area contributed by atoms with Crippen molar-refractivity contribution in [1.29, 1.82) is 0 Å². The zero-order valence-electron chi connectivity index (χ0n) is 23.7. The van der Waals surface area contributed by atoms with Crippen molar-refractivity contribution in [3.05, 3.63) is 65.2 Å². The second-order valence-corrected chi connectivity index (χ2v) is 13.1. The summed E-state index contributed by atoms with van der Waals surface area (Å²) in [7, 11) is -1.03. The van der Waals surface area contributed by atoms with Gasteiger partial charge >= 0.3 is 0 Å². The smallest absolute Gasteiger partial charge is 0.241 e. The fourth-order valence-corrected chi connectivity index (χ4v) is 8.20. The summed E-state index contributed by atoms with van der Waals surface area (Å²) in [6.07, 6.45) is 5.42. The Morgan fingerprint density at radius 2 is 2.02 bits per heavy atom. The van der Waals surface area contributed by atoms with Gasteiger partial charge in [0.05, 0.1) is 23.1 Å². The average Bonchev–Trinajstić information content (AvgIpc) is 3.12. The predicted molar refractivity (Wildman–Crippen MR) is 158 cm³/mol. The van der Waals surface area contributed by atoms with E-state index >= 15 is 4.39 Å². The molecule has 3 saturated heterocycles. The van der Waals surface area contributed by atoms with Gasteiger partial charge in [0, 0.05) is 54.7 Å². The molecule has 0 aromatic heterocycles. The maximum atomic E-state index is 15.2. The summed E-state index contributed by atoms with van der Waals surface area (Å²) in [4.78, 5) is 13.7. The van der Waals surface area contributed by atoms with Crippen LogP contribution in [0.2, 0.25) is 0 Å². The molecule has 2 aromatic rings. The van der Waals surface area contributed by atoms with Crippen molar-refractivity contribution in [3.8, 4) is 0 Å². The van der Waals surface area contributed by atoms with Crippen LogP contribution in [0.25, 0.3) is 0 Å². The number of carbonyl (C=O) groups is 1. The van der Waals surface area contributed by atoms with Crippen molar-refractivity contribution in [3.63, 3.8) is 0 Å². The minimum absolute atomic E-state index is 0.0264. The zero-order valence-corrected chi connectivity index (χ0v) is 24.5. The largest absolute Gasteiger partial charge is 0.378 e. The molecule has 0 saturated carbocycles. The van der Waals surface area contributed by atoms with Gasteiger partial charge in [-0.25, -0.2) is 17.3 Å². The first-order chi connectivity index (χ1) is 19.8. The lowest BCUT2D eigenvalue weighted by molar-refractivity contribution is -0.118. The molecule has 1 amide bonds. The molecule has 3 heterocycles. The highest BCUT2D eigenvalue weighted by Crippen LogP contribution is 2.37. The van der Waals surface area contributed by atoms with E-state index in [1.807, 2.05) is 0 Å². The molecule has 8 atom stereocenters. The van der Waals surface area contributed by atoms with E-state index in [9.17, 15) is 13.4 Å². The van der Waals surface area contributed by atoms with Gasteiger partial charge in [-0.15, -0.1) is 0 Å². The van der Waals surface area contributed by atoms with Crippen LogP contribution >= 0.6 is 0 Å². The van der Waals surface area contributed by atoms with Crippen LogP contribution in [-0.4, -0.2) is 64.1 Å². The summed E-state index contributed by atoms with van der Waals surface area (Å²) in [6.45, 7) is 4.11. The van der Waals surface area contributed by atoms with E-state index in [0.29, 0.717) is 49.0 Å². The molecule has 2 unspecified atom stereocenters. The van der Waals surface area contributed by atoms with Crippen LogP contribution in [0.4, 0.5) is 14.5 Å². The molecule has 41 heavy (non-hydrogen) atoms. The summed E-state index contributed by atoms with van der Waals surface area (Å²) < 4.78 is 49.7. The van der Waals surface area contributed by atoms with Gasteiger partial charge in [-0.1, -0.05) is 25.1 Å². The first-order valence-corrected chi connectivity index (χ1v) is 16.2. The highest BCUT2D eigenvalue weighted by molar-refractivity contribution is 7.82. The number of hydrogen-bond donors (Lipinski definition) is 3. The van der Waals surface area contributed by atoms with E-state index in [1.54, 1.807) is 24.3 Å². The fraction of sp³-hybridized carbons (Fsp3) is 0.581. The molecule has 2 bridgehead atoms. The lowest BCUT2D eigenvalue weighted by atomic mass is 9.75. The van der Waals surface area contributed by atoms with Gasteiger partial charge in [-0.2, -0.15) is 0 Å². The number of carbonyl (C=O) groups excluding carboxylic acids is 1. The molecule has 0 spiro atoms. The second-order valence-electron chi connectivity index (χ2n) is 11.6. The highest BCUT2D eigenvalue weighted by atomic mass is 32.2. The minimum atomic E-state index is -1.03. The maximum Gasteiger partial charge on any atom is 0.241 e. The van der Waals surface area contributed by atoms with Crippen LogP contribution in [0.15, 0.2) is 42.5 Å². The van der Waals surface area contributed by atoms with E-state index in [1.165, 1.54) is 18.2 Å². The van der Waals surface area contributed by atoms with Crippen LogP contribution in [0, 0.1) is 17.6 Å². The molecule has 2 aromatic carbocycles. The van der Waals surface area contributed by atoms with Gasteiger partial charge in [-0.05, 0) is 80.7 Å². The molecular weight excluding hydrogens is 546 g/mol. The number of amides is 1. The molecule has 5 rings (SSSR count). The number of benzene rings is 2. The lowest BCUT2D eigenvalue weighted by Gasteiger charge is -2.37. The fourth-order valence-electron chi connectivity index (χ4n) is 6.69. The molecule has 3 aliphatic heterocycles. The molecule has 4 N–H and O–H groups in total. The summed E-state index contributed by atoms with van der Waals surface area (Å²) in [5.74, 6) is -0.730. The van der Waals surface area contributed by atoms with Gasteiger partial charge < -0.3 is 21.1 Å². The van der Waals surface area contributed by atoms with Gasteiger partial charge in [0.25, 0.3) is 0 Å². The van der Waals surface area contributed by atoms with Crippen LogP contribution in [0.5, 0.6) is 0 Å². The number of halogens is 2. The predicted octanol–water partition coefficient (Wildman–Crippen LogP) is 4.25. The third kappa shape index (κ3) is 7.22. The third-order valence-corrected chi connectivity index (χ3v) is 10.6. The number of nitrogens with one attached hydrogen (secondary N) is 2. The Morgan fingerprint density at radius 1 is 1.22 bits per heavy atom. The Balaban J connectivity index is 1.32. The number of nitrogens with zero attached hydrogens (tertiary/aromatic N) is 1. The summed E-state index contributed by atoms with van der Waals surface area (Å²) in [5.41, 5.74) is 8.31. The minimum Gasteiger partial charge on any atom is -0.378 e. The van der Waals surface area contributed by atoms with Crippen molar-refractivity contribution in [2.24, 2.45) is 11.7 Å². The van der Waals surface area contributed by atoms with Crippen molar-refractivity contribution in [1.82, 2.24) is 9.62 Å². The third-order valence-electron chi connectivity index (χ3n) is 9.00. The molecule has 3 aliphatic rings. The van der Waals surface area contributed by atoms with Crippen LogP contribution in [-0.2, 0) is 26.9 Å². The van der Waals surface area contributed by atoms with Crippen LogP contribution in [0.3, 0.4) is 0 Å². The normalized spacial score (nSPS) is 29.8. The molecular formula is C31H42F2N4O3S. The van der Waals surface area contributed by atoms with E-state index in [-0.39, 0.29) is 35.6 Å². The van der Waals surface area contributed by atoms with Gasteiger partial charge in [0.2, 0.25) is 5.91 Å². The second kappa shape index (κ2) is 13.8. The lowest BCUT2D eigenvalue weighted by Crippen LogP contribution is -2.55. The van der Waals surface area contributed by atoms with Gasteiger partial charge in [0.15, 0.2) is 0 Å². The maximum absolute atomic E-state index is 15.2. The van der Waals surface area contributed by atoms with E-state index < -0.39 is 22.9 Å². The molecule has 7 nitrogen and oxygen atoms in total. The highest BCUT2D eigenvalue weighted by Gasteiger charge is 2.37. The number of piperazine rings is 1. The number of fused-ring (bicyclic) bond motifs is 2. The number of ether oxygens (including phenoxy) is 1. The topological polar surface area (TPSA) is 96.7 Å². The summed E-state index contributed by atoms with van der Waals surface area (Å²) in [5, 5.41) is 6.48. The molecule has 3 fully saturated rings. The SMILES string of the molecule is CC[C@H]1C[C@@H]([C@H](c2ccc(F)cc2)[C@H](N)C(=O)Nc2cccc(F)c2CC[C@H]2CN[C@@H]3CCCS(=O)N2C3)CCO1. The Hall–Kier alpha value is -2.24. The number of nitrogens with two attached hydrogens (primary N) is 1. The molecule has 224 valence electrons. The zero-order chi connectivity index (χ0) is 28.9. The van der Waals surface area contributed by atoms with E-state index in [2.05, 4.69) is 21.9 Å². The Labute approximate surface area is 244 Å². The number of anilines is 1. The average molecular weight is 589 g/mol. The van der Waals surface area contributed by atoms with E-state index in [4.69, 9.17) is 10.5 Å². The quantitative estimate of drug-likeness (QED) is 0.407. The van der Waals surface area contributed by atoms with Crippen molar-refractivity contribution < 1.29 is 22.5 Å². The van der Waals surface area contributed by atoms with Gasteiger partial charge in [0.1, 0.15) is 11.6 Å². The van der Waals surface area contributed by atoms with Crippen LogP contribution < -0.4 is 16.4 Å². The Bertz CT molecular complexity index is 1220. The molecule has 0 radical (unpaired) electrons. The monoisotopic (exact) mass is 588 g/mol. The van der Waals surface area contributed by atoms with E-state index in [0.717, 1.165) is 44.2 Å². The van der Waals surface area contributed by atoms with Crippen molar-refractivity contribution >= 4 is 22.6 Å². The van der Waals surface area contributed by atoms with Crippen molar-refractivity contribution in [2.45, 2.75) is 82.0 Å². The van der Waals surface area contributed by atoms with Crippen molar-refractivity contribution in [2.75, 3.05) is 30.8 Å². The molecule has 0 aliphatic carbocycles. The first-order valence-electron chi connectivity index (χ1n) is 14.9. The summed E-state index contributed by atoms with van der Waals surface area (Å²) >= 11 is 0. The van der Waals surface area contributed by atoms with Gasteiger partial charge in [-0.3, -0.25) is 4.79 Å².